The normalized spacial score (nSPS) is 15.3. The van der Waals surface area contributed by atoms with Crippen molar-refractivity contribution in [3.05, 3.63) is 89.5 Å². The van der Waals surface area contributed by atoms with Crippen LogP contribution in [-0.2, 0) is 16.6 Å². The Balaban J connectivity index is 1.55. The molecular formula is C27H29N5O3S. The van der Waals surface area contributed by atoms with Crippen molar-refractivity contribution in [3.63, 3.8) is 0 Å². The molecule has 4 N–H and O–H groups in total. The van der Waals surface area contributed by atoms with E-state index in [-0.39, 0.29) is 5.88 Å². The molecule has 36 heavy (non-hydrogen) atoms. The quantitative estimate of drug-likeness (QED) is 0.287. The first-order valence-electron chi connectivity index (χ1n) is 11.8. The molecule has 1 saturated heterocycles. The van der Waals surface area contributed by atoms with Crippen LogP contribution in [0.3, 0.4) is 0 Å². The topological polar surface area (TPSA) is 110 Å². The summed E-state index contributed by atoms with van der Waals surface area (Å²) in [5.74, 6) is -0.0283. The summed E-state index contributed by atoms with van der Waals surface area (Å²) in [6.07, 6.45) is 1.11. The lowest BCUT2D eigenvalue weighted by molar-refractivity contribution is 0.233. The number of aromatic hydroxyl groups is 1. The highest BCUT2D eigenvalue weighted by Gasteiger charge is 2.19. The molecule has 4 aromatic rings. The monoisotopic (exact) mass is 503 g/mol. The van der Waals surface area contributed by atoms with Gasteiger partial charge in [0.15, 0.2) is 5.88 Å². The molecule has 1 aromatic heterocycles. The van der Waals surface area contributed by atoms with Crippen LogP contribution in [-0.4, -0.2) is 61.6 Å². The summed E-state index contributed by atoms with van der Waals surface area (Å²) in [6.45, 7) is 5.00. The standard InChI is InChI=1S/C27H29N5O3S/c1-36(34,35)31-22-11-12-24-23(17-22)25(27(33)30-24)26(20-5-3-2-4-6-20)29-21-9-7-19(8-10-21)18-32-15-13-28-14-16-32/h2-12,17,28,30-31,33H,13-16,18H2,1H3. The van der Waals surface area contributed by atoms with Gasteiger partial charge in [0.2, 0.25) is 10.0 Å². The van der Waals surface area contributed by atoms with E-state index in [2.05, 4.69) is 32.1 Å². The van der Waals surface area contributed by atoms with Crippen molar-refractivity contribution in [2.24, 2.45) is 4.99 Å². The van der Waals surface area contributed by atoms with Gasteiger partial charge in [0, 0.05) is 54.9 Å². The molecule has 1 aliphatic rings. The van der Waals surface area contributed by atoms with Gasteiger partial charge in [0.05, 0.1) is 23.2 Å². The summed E-state index contributed by atoms with van der Waals surface area (Å²) < 4.78 is 26.1. The molecule has 1 aliphatic heterocycles. The summed E-state index contributed by atoms with van der Waals surface area (Å²) in [4.78, 5) is 10.4. The molecule has 1 fully saturated rings. The molecule has 0 atom stereocenters. The Morgan fingerprint density at radius 1 is 1.03 bits per heavy atom. The molecule has 2 heterocycles. The summed E-state index contributed by atoms with van der Waals surface area (Å²) in [6, 6.07) is 22.9. The number of benzene rings is 3. The molecule has 0 spiro atoms. The summed E-state index contributed by atoms with van der Waals surface area (Å²) in [5, 5.41) is 14.9. The van der Waals surface area contributed by atoms with E-state index >= 15 is 0 Å². The number of aromatic amines is 1. The second-order valence-electron chi connectivity index (χ2n) is 9.00. The number of H-pyrrole nitrogens is 1. The Morgan fingerprint density at radius 3 is 2.44 bits per heavy atom. The molecule has 186 valence electrons. The fourth-order valence-electron chi connectivity index (χ4n) is 4.49. The molecule has 5 rings (SSSR count). The van der Waals surface area contributed by atoms with Gasteiger partial charge in [-0.1, -0.05) is 42.5 Å². The van der Waals surface area contributed by atoms with E-state index in [1.165, 1.54) is 5.56 Å². The summed E-state index contributed by atoms with van der Waals surface area (Å²) in [5.41, 5.74) is 5.01. The third kappa shape index (κ3) is 5.59. The first-order valence-corrected chi connectivity index (χ1v) is 13.7. The summed E-state index contributed by atoms with van der Waals surface area (Å²) in [7, 11) is -3.45. The Morgan fingerprint density at radius 2 is 1.75 bits per heavy atom. The molecule has 0 unspecified atom stereocenters. The number of hydrogen-bond donors (Lipinski definition) is 4. The second kappa shape index (κ2) is 10.1. The van der Waals surface area contributed by atoms with Gasteiger partial charge < -0.3 is 15.4 Å². The third-order valence-electron chi connectivity index (χ3n) is 6.16. The maximum Gasteiger partial charge on any atom is 0.229 e. The van der Waals surface area contributed by atoms with Gasteiger partial charge >= 0.3 is 0 Å². The minimum absolute atomic E-state index is 0.0283. The largest absolute Gasteiger partial charge is 0.494 e. The molecule has 9 heteroatoms. The zero-order valence-electron chi connectivity index (χ0n) is 20.0. The van der Waals surface area contributed by atoms with Crippen molar-refractivity contribution >= 4 is 38.0 Å². The zero-order valence-corrected chi connectivity index (χ0v) is 20.8. The van der Waals surface area contributed by atoms with Gasteiger partial charge in [0.25, 0.3) is 0 Å². The van der Waals surface area contributed by atoms with Crippen LogP contribution in [0.15, 0.2) is 77.8 Å². The Kier molecular flexibility index (Phi) is 6.77. The van der Waals surface area contributed by atoms with E-state index in [1.54, 1.807) is 18.2 Å². The number of nitrogens with zero attached hydrogens (tertiary/aromatic N) is 2. The molecule has 8 nitrogen and oxygen atoms in total. The molecule has 0 radical (unpaired) electrons. The number of aliphatic imine (C=N–C) groups is 1. The maximum atomic E-state index is 11.8. The minimum atomic E-state index is -3.45. The van der Waals surface area contributed by atoms with Crippen molar-refractivity contribution in [2.75, 3.05) is 37.2 Å². The predicted molar refractivity (Wildman–Crippen MR) is 145 cm³/mol. The Bertz CT molecular complexity index is 1490. The number of piperazine rings is 1. The number of nitrogens with one attached hydrogen (secondary N) is 3. The van der Waals surface area contributed by atoms with Gasteiger partial charge in [-0.2, -0.15) is 0 Å². The van der Waals surface area contributed by atoms with Crippen molar-refractivity contribution < 1.29 is 13.5 Å². The van der Waals surface area contributed by atoms with E-state index in [1.807, 2.05) is 42.5 Å². The first kappa shape index (κ1) is 24.1. The van der Waals surface area contributed by atoms with E-state index in [0.717, 1.165) is 50.2 Å². The van der Waals surface area contributed by atoms with E-state index in [4.69, 9.17) is 4.99 Å². The number of anilines is 1. The zero-order chi connectivity index (χ0) is 25.1. The number of fused-ring (bicyclic) bond motifs is 1. The Labute approximate surface area is 210 Å². The highest BCUT2D eigenvalue weighted by atomic mass is 32.2. The number of sulfonamides is 1. The highest BCUT2D eigenvalue weighted by molar-refractivity contribution is 7.92. The van der Waals surface area contributed by atoms with Crippen LogP contribution in [0.4, 0.5) is 11.4 Å². The fourth-order valence-corrected chi connectivity index (χ4v) is 5.04. The van der Waals surface area contributed by atoms with Crippen LogP contribution >= 0.6 is 0 Å². The van der Waals surface area contributed by atoms with Crippen LogP contribution in [0, 0.1) is 0 Å². The van der Waals surface area contributed by atoms with Gasteiger partial charge in [0.1, 0.15) is 0 Å². The van der Waals surface area contributed by atoms with Crippen LogP contribution in [0.2, 0.25) is 0 Å². The lowest BCUT2D eigenvalue weighted by Gasteiger charge is -2.27. The molecule has 0 saturated carbocycles. The van der Waals surface area contributed by atoms with Gasteiger partial charge in [-0.15, -0.1) is 0 Å². The third-order valence-corrected chi connectivity index (χ3v) is 6.77. The molecule has 0 aliphatic carbocycles. The van der Waals surface area contributed by atoms with Gasteiger partial charge in [-0.05, 0) is 35.9 Å². The molecule has 3 aromatic carbocycles. The average Bonchev–Trinajstić information content (AvgIpc) is 3.18. The lowest BCUT2D eigenvalue weighted by Crippen LogP contribution is -2.42. The SMILES string of the molecule is CS(=O)(=O)Nc1ccc2[nH]c(O)c(C(=Nc3ccc(CN4CCNCC4)cc3)c3ccccc3)c2c1. The lowest BCUT2D eigenvalue weighted by atomic mass is 10.0. The van der Waals surface area contributed by atoms with Crippen LogP contribution in [0.25, 0.3) is 10.9 Å². The Hall–Kier alpha value is -3.66. The van der Waals surface area contributed by atoms with Crippen molar-refractivity contribution in [3.8, 4) is 5.88 Å². The number of aromatic nitrogens is 1. The van der Waals surface area contributed by atoms with Crippen LogP contribution < -0.4 is 10.0 Å². The van der Waals surface area contributed by atoms with Crippen molar-refractivity contribution in [1.82, 2.24) is 15.2 Å². The fraction of sp³-hybridized carbons (Fsp3) is 0.222. The number of hydrogen-bond acceptors (Lipinski definition) is 6. The van der Waals surface area contributed by atoms with Crippen molar-refractivity contribution in [1.29, 1.82) is 0 Å². The van der Waals surface area contributed by atoms with E-state index < -0.39 is 10.0 Å². The second-order valence-corrected chi connectivity index (χ2v) is 10.8. The smallest absolute Gasteiger partial charge is 0.229 e. The number of rotatable bonds is 7. The molecular weight excluding hydrogens is 474 g/mol. The molecule has 0 bridgehead atoms. The van der Waals surface area contributed by atoms with Gasteiger partial charge in [-0.3, -0.25) is 9.62 Å². The van der Waals surface area contributed by atoms with Crippen LogP contribution in [0.1, 0.15) is 16.7 Å². The first-order chi connectivity index (χ1) is 17.4. The highest BCUT2D eigenvalue weighted by Crippen LogP contribution is 2.33. The molecule has 0 amide bonds. The van der Waals surface area contributed by atoms with E-state index in [0.29, 0.717) is 27.9 Å². The average molecular weight is 504 g/mol. The maximum absolute atomic E-state index is 11.8. The van der Waals surface area contributed by atoms with Crippen LogP contribution in [0.5, 0.6) is 5.88 Å². The minimum Gasteiger partial charge on any atom is -0.494 e. The predicted octanol–water partition coefficient (Wildman–Crippen LogP) is 3.82. The van der Waals surface area contributed by atoms with Gasteiger partial charge in [-0.25, -0.2) is 13.4 Å². The van der Waals surface area contributed by atoms with E-state index in [9.17, 15) is 13.5 Å². The summed E-state index contributed by atoms with van der Waals surface area (Å²) >= 11 is 0. The van der Waals surface area contributed by atoms with Crippen molar-refractivity contribution in [2.45, 2.75) is 6.54 Å².